The minimum atomic E-state index is -0.275. The van der Waals surface area contributed by atoms with E-state index in [1.807, 2.05) is 31.2 Å². The van der Waals surface area contributed by atoms with E-state index in [9.17, 15) is 0 Å². The second-order valence-electron chi connectivity index (χ2n) is 3.07. The molecule has 0 aromatic heterocycles. The molecule has 13 heavy (non-hydrogen) atoms. The molecule has 0 fully saturated rings. The lowest BCUT2D eigenvalue weighted by Gasteiger charge is -2.14. The van der Waals surface area contributed by atoms with E-state index in [0.717, 1.165) is 5.69 Å². The van der Waals surface area contributed by atoms with Gasteiger partial charge in [0.2, 0.25) is 0 Å². The number of aliphatic hydroxyl groups is 2. The normalized spacial score (nSPS) is 10.5. The summed E-state index contributed by atoms with van der Waals surface area (Å²) in [5.74, 6) is 0. The Morgan fingerprint density at radius 3 is 2.15 bits per heavy atom. The van der Waals surface area contributed by atoms with Gasteiger partial charge in [-0.25, -0.2) is 0 Å². The largest absolute Gasteiger partial charge is 0.394 e. The Morgan fingerprint density at radius 2 is 1.69 bits per heavy atom. The lowest BCUT2D eigenvalue weighted by atomic mass is 10.2. The number of benzene rings is 1. The highest BCUT2D eigenvalue weighted by molar-refractivity contribution is 5.45. The standard InChI is InChI=1S/C10H15NO2/c1-8-2-4-9(5-3-8)11-10(6-12)7-13/h2-5,10-13H,6-7H2,1H3. The Bertz CT molecular complexity index is 242. The molecule has 1 aromatic rings. The molecular weight excluding hydrogens is 166 g/mol. The summed E-state index contributed by atoms with van der Waals surface area (Å²) in [7, 11) is 0. The highest BCUT2D eigenvalue weighted by Crippen LogP contribution is 2.09. The molecule has 0 saturated heterocycles. The van der Waals surface area contributed by atoms with Gasteiger partial charge >= 0.3 is 0 Å². The average molecular weight is 181 g/mol. The van der Waals surface area contributed by atoms with E-state index in [1.165, 1.54) is 5.56 Å². The van der Waals surface area contributed by atoms with Gasteiger partial charge in [0.1, 0.15) is 0 Å². The van der Waals surface area contributed by atoms with Crippen molar-refractivity contribution in [2.75, 3.05) is 18.5 Å². The molecule has 72 valence electrons. The van der Waals surface area contributed by atoms with E-state index in [4.69, 9.17) is 10.2 Å². The van der Waals surface area contributed by atoms with Crippen LogP contribution in [0, 0.1) is 6.92 Å². The summed E-state index contributed by atoms with van der Waals surface area (Å²) in [5.41, 5.74) is 2.11. The Balaban J connectivity index is 2.58. The Hall–Kier alpha value is -1.06. The van der Waals surface area contributed by atoms with Crippen molar-refractivity contribution in [2.45, 2.75) is 13.0 Å². The molecule has 3 N–H and O–H groups in total. The summed E-state index contributed by atoms with van der Waals surface area (Å²) >= 11 is 0. The molecule has 0 aliphatic carbocycles. The molecule has 0 heterocycles. The van der Waals surface area contributed by atoms with Gasteiger partial charge in [0, 0.05) is 5.69 Å². The predicted octanol–water partition coefficient (Wildman–Crippen LogP) is 0.760. The molecule has 0 amide bonds. The van der Waals surface area contributed by atoms with Crippen LogP contribution >= 0.6 is 0 Å². The summed E-state index contributed by atoms with van der Waals surface area (Å²) in [6.07, 6.45) is 0. The summed E-state index contributed by atoms with van der Waals surface area (Å²) in [5, 5.41) is 20.6. The summed E-state index contributed by atoms with van der Waals surface area (Å²) < 4.78 is 0. The van der Waals surface area contributed by atoms with Crippen LogP contribution in [-0.4, -0.2) is 29.5 Å². The van der Waals surface area contributed by atoms with E-state index in [1.54, 1.807) is 0 Å². The van der Waals surface area contributed by atoms with Gasteiger partial charge in [-0.15, -0.1) is 0 Å². The molecule has 0 spiro atoms. The van der Waals surface area contributed by atoms with Crippen LogP contribution in [0.15, 0.2) is 24.3 Å². The second kappa shape index (κ2) is 4.84. The quantitative estimate of drug-likeness (QED) is 0.642. The summed E-state index contributed by atoms with van der Waals surface area (Å²) in [6.45, 7) is 1.88. The molecule has 3 nitrogen and oxygen atoms in total. The summed E-state index contributed by atoms with van der Waals surface area (Å²) in [4.78, 5) is 0. The van der Waals surface area contributed by atoms with E-state index < -0.39 is 0 Å². The number of hydrogen-bond acceptors (Lipinski definition) is 3. The topological polar surface area (TPSA) is 52.5 Å². The number of rotatable bonds is 4. The number of hydrogen-bond donors (Lipinski definition) is 3. The monoisotopic (exact) mass is 181 g/mol. The van der Waals surface area contributed by atoms with Crippen molar-refractivity contribution in [3.63, 3.8) is 0 Å². The van der Waals surface area contributed by atoms with Crippen LogP contribution in [0.4, 0.5) is 5.69 Å². The third-order valence-electron chi connectivity index (χ3n) is 1.86. The zero-order valence-corrected chi connectivity index (χ0v) is 7.70. The SMILES string of the molecule is Cc1ccc(NC(CO)CO)cc1. The molecule has 0 atom stereocenters. The molecule has 0 bridgehead atoms. The van der Waals surface area contributed by atoms with Crippen LogP contribution in [0.5, 0.6) is 0 Å². The van der Waals surface area contributed by atoms with Crippen LogP contribution < -0.4 is 5.32 Å². The van der Waals surface area contributed by atoms with Gasteiger partial charge in [0.05, 0.1) is 19.3 Å². The molecule has 1 rings (SSSR count). The first kappa shape index (κ1) is 10.0. The van der Waals surface area contributed by atoms with Crippen LogP contribution in [0.1, 0.15) is 5.56 Å². The average Bonchev–Trinajstić information content (AvgIpc) is 2.17. The third kappa shape index (κ3) is 3.05. The molecule has 0 aliphatic heterocycles. The first-order chi connectivity index (χ1) is 6.26. The van der Waals surface area contributed by atoms with Crippen molar-refractivity contribution in [2.24, 2.45) is 0 Å². The number of aliphatic hydroxyl groups excluding tert-OH is 2. The highest BCUT2D eigenvalue weighted by atomic mass is 16.3. The first-order valence-electron chi connectivity index (χ1n) is 4.31. The van der Waals surface area contributed by atoms with Gasteiger partial charge < -0.3 is 15.5 Å². The van der Waals surface area contributed by atoms with Gasteiger partial charge in [-0.3, -0.25) is 0 Å². The number of nitrogens with one attached hydrogen (secondary N) is 1. The van der Waals surface area contributed by atoms with E-state index >= 15 is 0 Å². The maximum absolute atomic E-state index is 8.82. The summed E-state index contributed by atoms with van der Waals surface area (Å²) in [6, 6.07) is 7.53. The van der Waals surface area contributed by atoms with Gasteiger partial charge in [0.25, 0.3) is 0 Å². The lowest BCUT2D eigenvalue weighted by Crippen LogP contribution is -2.27. The maximum atomic E-state index is 8.82. The first-order valence-corrected chi connectivity index (χ1v) is 4.31. The maximum Gasteiger partial charge on any atom is 0.0723 e. The molecule has 1 aromatic carbocycles. The highest BCUT2D eigenvalue weighted by Gasteiger charge is 2.03. The number of anilines is 1. The Morgan fingerprint density at radius 1 is 1.15 bits per heavy atom. The molecule has 3 heteroatoms. The number of aryl methyl sites for hydroxylation is 1. The van der Waals surface area contributed by atoms with Crippen molar-refractivity contribution in [1.82, 2.24) is 0 Å². The Kier molecular flexibility index (Phi) is 3.73. The molecule has 0 saturated carbocycles. The van der Waals surface area contributed by atoms with Crippen molar-refractivity contribution < 1.29 is 10.2 Å². The van der Waals surface area contributed by atoms with Gasteiger partial charge in [-0.2, -0.15) is 0 Å². The fourth-order valence-corrected chi connectivity index (χ4v) is 1.03. The smallest absolute Gasteiger partial charge is 0.0723 e. The van der Waals surface area contributed by atoms with Crippen molar-refractivity contribution >= 4 is 5.69 Å². The predicted molar refractivity (Wildman–Crippen MR) is 52.8 cm³/mol. The fraction of sp³-hybridized carbons (Fsp3) is 0.400. The lowest BCUT2D eigenvalue weighted by molar-refractivity contribution is 0.204. The molecule has 0 aliphatic rings. The van der Waals surface area contributed by atoms with Crippen LogP contribution in [0.2, 0.25) is 0 Å². The minimum absolute atomic E-state index is 0.0651. The zero-order valence-electron chi connectivity index (χ0n) is 7.70. The van der Waals surface area contributed by atoms with Crippen LogP contribution in [0.25, 0.3) is 0 Å². The van der Waals surface area contributed by atoms with E-state index in [2.05, 4.69) is 5.32 Å². The third-order valence-corrected chi connectivity index (χ3v) is 1.86. The Labute approximate surface area is 78.0 Å². The van der Waals surface area contributed by atoms with E-state index in [0.29, 0.717) is 0 Å². The van der Waals surface area contributed by atoms with Crippen molar-refractivity contribution in [1.29, 1.82) is 0 Å². The van der Waals surface area contributed by atoms with Crippen molar-refractivity contribution in [3.05, 3.63) is 29.8 Å². The van der Waals surface area contributed by atoms with Crippen LogP contribution in [-0.2, 0) is 0 Å². The zero-order chi connectivity index (χ0) is 9.68. The van der Waals surface area contributed by atoms with Gasteiger partial charge in [0.15, 0.2) is 0 Å². The van der Waals surface area contributed by atoms with Crippen molar-refractivity contribution in [3.8, 4) is 0 Å². The fourth-order valence-electron chi connectivity index (χ4n) is 1.03. The van der Waals surface area contributed by atoms with Gasteiger partial charge in [-0.05, 0) is 19.1 Å². The molecular formula is C10H15NO2. The second-order valence-corrected chi connectivity index (χ2v) is 3.07. The van der Waals surface area contributed by atoms with Gasteiger partial charge in [-0.1, -0.05) is 17.7 Å². The van der Waals surface area contributed by atoms with Crippen LogP contribution in [0.3, 0.4) is 0 Å². The minimum Gasteiger partial charge on any atom is -0.394 e. The molecule has 0 radical (unpaired) electrons. The molecule has 0 unspecified atom stereocenters. The van der Waals surface area contributed by atoms with E-state index in [-0.39, 0.29) is 19.3 Å².